The number of fused-ring (bicyclic) bond motifs is 15. The number of thiophene rings is 1. The summed E-state index contributed by atoms with van der Waals surface area (Å²) in [7, 11) is 0. The van der Waals surface area contributed by atoms with E-state index >= 15 is 0 Å². The van der Waals surface area contributed by atoms with Crippen molar-refractivity contribution in [1.29, 1.82) is 0 Å². The summed E-state index contributed by atoms with van der Waals surface area (Å²) in [6, 6.07) is 75.8. The van der Waals surface area contributed by atoms with E-state index < -0.39 is 5.41 Å². The number of aromatic nitrogens is 3. The molecule has 0 saturated heterocycles. The van der Waals surface area contributed by atoms with Crippen LogP contribution in [0.1, 0.15) is 22.3 Å². The average molecular weight is 846 g/mol. The lowest BCUT2D eigenvalue weighted by Crippen LogP contribution is -2.32. The van der Waals surface area contributed by atoms with Crippen molar-refractivity contribution in [2.45, 2.75) is 5.41 Å². The third-order valence-corrected chi connectivity index (χ3v) is 14.8. The maximum Gasteiger partial charge on any atom is 0.160 e. The lowest BCUT2D eigenvalue weighted by atomic mass is 9.65. The van der Waals surface area contributed by atoms with Crippen LogP contribution in [0.25, 0.3) is 98.1 Å². The van der Waals surface area contributed by atoms with Crippen LogP contribution < -0.4 is 4.74 Å². The number of rotatable bonds is 4. The van der Waals surface area contributed by atoms with E-state index in [1.165, 1.54) is 42.4 Å². The van der Waals surface area contributed by atoms with E-state index in [0.717, 1.165) is 83.6 Å². The van der Waals surface area contributed by atoms with E-state index in [0.29, 0.717) is 5.82 Å². The first kappa shape index (κ1) is 36.3. The Hall–Kier alpha value is -8.25. The van der Waals surface area contributed by atoms with Crippen LogP contribution in [0.15, 0.2) is 212 Å². The first-order valence-corrected chi connectivity index (χ1v) is 22.8. The van der Waals surface area contributed by atoms with Crippen molar-refractivity contribution in [2.24, 2.45) is 0 Å². The molecular formula is C60H35N3OS. The first-order valence-electron chi connectivity index (χ1n) is 22.0. The smallest absolute Gasteiger partial charge is 0.160 e. The predicted molar refractivity (Wildman–Crippen MR) is 267 cm³/mol. The summed E-state index contributed by atoms with van der Waals surface area (Å²) in [6.07, 6.45) is 0. The molecule has 4 heterocycles. The van der Waals surface area contributed by atoms with Crippen molar-refractivity contribution in [3.8, 4) is 67.8 Å². The van der Waals surface area contributed by atoms with Crippen molar-refractivity contribution in [2.75, 3.05) is 0 Å². The molecule has 5 heteroatoms. The van der Waals surface area contributed by atoms with Gasteiger partial charge in [-0.2, -0.15) is 0 Å². The lowest BCUT2D eigenvalue weighted by Gasteiger charge is -2.39. The van der Waals surface area contributed by atoms with Gasteiger partial charge in [-0.15, -0.1) is 11.3 Å². The molecule has 1 aliphatic carbocycles. The zero-order chi connectivity index (χ0) is 42.6. The molecule has 302 valence electrons. The summed E-state index contributed by atoms with van der Waals surface area (Å²) in [6.45, 7) is 0. The second-order valence-electron chi connectivity index (χ2n) is 17.0. The Labute approximate surface area is 378 Å². The summed E-state index contributed by atoms with van der Waals surface area (Å²) in [5, 5.41) is 5.72. The average Bonchev–Trinajstić information content (AvgIpc) is 3.90. The van der Waals surface area contributed by atoms with E-state index in [2.05, 4.69) is 194 Å². The summed E-state index contributed by atoms with van der Waals surface area (Å²) in [5.41, 5.74) is 14.3. The summed E-state index contributed by atoms with van der Waals surface area (Å²) >= 11 is 1.81. The molecule has 65 heavy (non-hydrogen) atoms. The monoisotopic (exact) mass is 845 g/mol. The lowest BCUT2D eigenvalue weighted by molar-refractivity contribution is 0.437. The largest absolute Gasteiger partial charge is 0.457 e. The Morgan fingerprint density at radius 1 is 0.369 bits per heavy atom. The van der Waals surface area contributed by atoms with Gasteiger partial charge >= 0.3 is 0 Å². The first-order chi connectivity index (χ1) is 32.2. The highest BCUT2D eigenvalue weighted by Gasteiger charge is 2.51. The second kappa shape index (κ2) is 13.9. The van der Waals surface area contributed by atoms with Crippen LogP contribution in [0.5, 0.6) is 11.5 Å². The molecule has 9 aromatic carbocycles. The number of benzene rings is 9. The van der Waals surface area contributed by atoms with Crippen molar-refractivity contribution in [3.63, 3.8) is 0 Å². The second-order valence-corrected chi connectivity index (χ2v) is 18.1. The fourth-order valence-electron chi connectivity index (χ4n) is 10.7. The minimum atomic E-state index is -0.587. The Balaban J connectivity index is 1.03. The molecule has 0 N–H and O–H groups in total. The van der Waals surface area contributed by atoms with Crippen LogP contribution in [0.3, 0.4) is 0 Å². The molecule has 14 rings (SSSR count). The topological polar surface area (TPSA) is 47.9 Å². The molecule has 1 spiro atoms. The fraction of sp³-hybridized carbons (Fsp3) is 0.0167. The molecular weight excluding hydrogens is 811 g/mol. The molecule has 0 radical (unpaired) electrons. The maximum absolute atomic E-state index is 6.98. The standard InChI is InChI=1S/C60H35N3OS/c1-3-16-36(17-4-1)57-46-34-55-50(60(49-27-12-13-28-54(49)64-55)47-25-10-7-20-39(47)40-21-8-11-26-48(40)60)33-45(46)41-31-30-38(32-52(41)61-57)51-35-53(63-59(62-51)37-18-5-2-6-19-37)44-24-15-23-43-42-22-9-14-29-56(42)65-58(43)44/h1-35H. The van der Waals surface area contributed by atoms with Crippen LogP contribution >= 0.6 is 11.3 Å². The third kappa shape index (κ3) is 5.27. The molecule has 0 amide bonds. The molecule has 0 saturated carbocycles. The summed E-state index contributed by atoms with van der Waals surface area (Å²) in [5.74, 6) is 2.39. The minimum absolute atomic E-state index is 0.587. The van der Waals surface area contributed by atoms with Crippen LogP contribution in [0.4, 0.5) is 0 Å². The van der Waals surface area contributed by atoms with Gasteiger partial charge in [0.05, 0.1) is 28.0 Å². The molecule has 2 aliphatic rings. The number of hydrogen-bond donors (Lipinski definition) is 0. The Kier molecular flexibility index (Phi) is 7.74. The Morgan fingerprint density at radius 2 is 1.02 bits per heavy atom. The molecule has 3 aromatic heterocycles. The van der Waals surface area contributed by atoms with Gasteiger partial charge in [0.25, 0.3) is 0 Å². The SMILES string of the molecule is c1ccc(-c2nc(-c3ccc4c(c3)nc(-c3ccccc3)c3cc5c(cc34)C3(c4ccccc4O5)c4ccccc4-c4ccccc43)cc(-c3cccc4c3sc3ccccc34)n2)cc1. The van der Waals surface area contributed by atoms with Crippen molar-refractivity contribution < 1.29 is 4.74 Å². The zero-order valence-electron chi connectivity index (χ0n) is 34.9. The Bertz CT molecular complexity index is 3890. The predicted octanol–water partition coefficient (Wildman–Crippen LogP) is 15.7. The van der Waals surface area contributed by atoms with Crippen molar-refractivity contribution in [1.82, 2.24) is 15.0 Å². The number of hydrogen-bond acceptors (Lipinski definition) is 5. The van der Waals surface area contributed by atoms with E-state index in [4.69, 9.17) is 19.7 Å². The molecule has 4 nitrogen and oxygen atoms in total. The van der Waals surface area contributed by atoms with Crippen LogP contribution in [-0.4, -0.2) is 15.0 Å². The fourth-order valence-corrected chi connectivity index (χ4v) is 12.0. The van der Waals surface area contributed by atoms with Gasteiger partial charge in [0.15, 0.2) is 5.82 Å². The van der Waals surface area contributed by atoms with E-state index in [9.17, 15) is 0 Å². The van der Waals surface area contributed by atoms with Crippen LogP contribution in [0, 0.1) is 0 Å². The van der Waals surface area contributed by atoms with E-state index in [1.54, 1.807) is 0 Å². The van der Waals surface area contributed by atoms with Gasteiger partial charge in [-0.05, 0) is 64.0 Å². The van der Waals surface area contributed by atoms with Gasteiger partial charge in [0.2, 0.25) is 0 Å². The highest BCUT2D eigenvalue weighted by Crippen LogP contribution is 2.62. The van der Waals surface area contributed by atoms with Crippen LogP contribution in [0.2, 0.25) is 0 Å². The van der Waals surface area contributed by atoms with Crippen molar-refractivity contribution >= 4 is 53.2 Å². The van der Waals surface area contributed by atoms with Gasteiger partial charge in [-0.1, -0.05) is 176 Å². The van der Waals surface area contributed by atoms with Gasteiger partial charge < -0.3 is 4.74 Å². The van der Waals surface area contributed by atoms with Gasteiger partial charge in [-0.25, -0.2) is 15.0 Å². The molecule has 0 unspecified atom stereocenters. The van der Waals surface area contributed by atoms with Gasteiger partial charge in [0, 0.05) is 64.3 Å². The summed E-state index contributed by atoms with van der Waals surface area (Å²) < 4.78 is 9.46. The molecule has 0 bridgehead atoms. The number of pyridine rings is 1. The molecule has 0 atom stereocenters. The zero-order valence-corrected chi connectivity index (χ0v) is 35.7. The number of para-hydroxylation sites is 1. The van der Waals surface area contributed by atoms with Crippen molar-refractivity contribution in [3.05, 3.63) is 235 Å². The number of nitrogens with zero attached hydrogens (tertiary/aromatic N) is 3. The molecule has 0 fully saturated rings. The normalized spacial score (nSPS) is 13.2. The number of ether oxygens (including phenoxy) is 1. The quantitative estimate of drug-likeness (QED) is 0.166. The third-order valence-electron chi connectivity index (χ3n) is 13.5. The van der Waals surface area contributed by atoms with Crippen LogP contribution in [-0.2, 0) is 5.41 Å². The van der Waals surface area contributed by atoms with E-state index in [1.807, 2.05) is 29.5 Å². The highest BCUT2D eigenvalue weighted by atomic mass is 32.1. The highest BCUT2D eigenvalue weighted by molar-refractivity contribution is 7.26. The summed E-state index contributed by atoms with van der Waals surface area (Å²) in [4.78, 5) is 16.1. The van der Waals surface area contributed by atoms with Gasteiger partial charge in [-0.3, -0.25) is 0 Å². The molecule has 1 aliphatic heterocycles. The maximum atomic E-state index is 6.98. The Morgan fingerprint density at radius 3 is 1.82 bits per heavy atom. The molecule has 12 aromatic rings. The van der Waals surface area contributed by atoms with Gasteiger partial charge in [0.1, 0.15) is 11.5 Å². The minimum Gasteiger partial charge on any atom is -0.457 e. The van der Waals surface area contributed by atoms with E-state index in [-0.39, 0.29) is 0 Å².